The SMILES string of the molecule is CC(=O)OCCCCC=CCCCCOC(C)=O.CCCCC=CCCCCOC(C)=O. The molecule has 0 spiro atoms. The smallest absolute Gasteiger partial charge is 0.302 e. The third-order valence-electron chi connectivity index (χ3n) is 4.27. The van der Waals surface area contributed by atoms with Gasteiger partial charge >= 0.3 is 17.9 Å². The first-order valence-electron chi connectivity index (χ1n) is 12.1. The molecule has 0 aromatic heterocycles. The topological polar surface area (TPSA) is 78.9 Å². The fourth-order valence-electron chi connectivity index (χ4n) is 2.53. The van der Waals surface area contributed by atoms with Gasteiger partial charge in [0.25, 0.3) is 0 Å². The second kappa shape index (κ2) is 26.9. The van der Waals surface area contributed by atoms with Crippen molar-refractivity contribution < 1.29 is 28.6 Å². The molecule has 0 fully saturated rings. The molecule has 0 aromatic carbocycles. The largest absolute Gasteiger partial charge is 0.466 e. The van der Waals surface area contributed by atoms with E-state index in [-0.39, 0.29) is 17.9 Å². The Morgan fingerprint density at radius 1 is 0.500 bits per heavy atom. The molecule has 0 atom stereocenters. The van der Waals surface area contributed by atoms with Crippen molar-refractivity contribution in [1.82, 2.24) is 0 Å². The first-order valence-corrected chi connectivity index (χ1v) is 12.1. The molecule has 0 aliphatic heterocycles. The Labute approximate surface area is 195 Å². The standard InChI is InChI=1S/C14H24O4.C12H22O2/c1-13(15)17-11-9-7-5-3-4-6-8-10-12-18-14(2)16;1-3-4-5-6-7-8-9-10-11-14-12(2)13/h3-4H,5-12H2,1-2H3;6-7H,3-5,8-11H2,1-2H3. The summed E-state index contributed by atoms with van der Waals surface area (Å²) >= 11 is 0. The molecular weight excluding hydrogens is 408 g/mol. The highest BCUT2D eigenvalue weighted by atomic mass is 16.5. The predicted octanol–water partition coefficient (Wildman–Crippen LogP) is 6.48. The number of rotatable bonds is 18. The van der Waals surface area contributed by atoms with Crippen molar-refractivity contribution in [2.75, 3.05) is 19.8 Å². The Bertz CT molecular complexity index is 484. The molecule has 0 unspecified atom stereocenters. The zero-order valence-electron chi connectivity index (χ0n) is 20.9. The maximum absolute atomic E-state index is 10.5. The summed E-state index contributed by atoms with van der Waals surface area (Å²) < 4.78 is 14.5. The maximum Gasteiger partial charge on any atom is 0.302 e. The van der Waals surface area contributed by atoms with Gasteiger partial charge < -0.3 is 14.2 Å². The molecule has 6 nitrogen and oxygen atoms in total. The van der Waals surface area contributed by atoms with E-state index in [2.05, 4.69) is 31.2 Å². The Kier molecular flexibility index (Phi) is 27.0. The van der Waals surface area contributed by atoms with Gasteiger partial charge in [0, 0.05) is 20.8 Å². The summed E-state index contributed by atoms with van der Waals surface area (Å²) in [6, 6.07) is 0. The minimum Gasteiger partial charge on any atom is -0.466 e. The Morgan fingerprint density at radius 2 is 0.781 bits per heavy atom. The van der Waals surface area contributed by atoms with Crippen molar-refractivity contribution in [3.8, 4) is 0 Å². The van der Waals surface area contributed by atoms with Gasteiger partial charge in [0.15, 0.2) is 0 Å². The summed E-state index contributed by atoms with van der Waals surface area (Å²) in [4.78, 5) is 31.4. The van der Waals surface area contributed by atoms with Crippen LogP contribution in [0.5, 0.6) is 0 Å². The molecule has 0 bridgehead atoms. The fourth-order valence-corrected chi connectivity index (χ4v) is 2.53. The van der Waals surface area contributed by atoms with E-state index in [1.165, 1.54) is 40.0 Å². The van der Waals surface area contributed by atoms with Crippen molar-refractivity contribution >= 4 is 17.9 Å². The van der Waals surface area contributed by atoms with Crippen molar-refractivity contribution in [2.24, 2.45) is 0 Å². The fraction of sp³-hybridized carbons (Fsp3) is 0.731. The minimum absolute atomic E-state index is 0.177. The molecule has 0 aliphatic carbocycles. The summed E-state index contributed by atoms with van der Waals surface area (Å²) in [7, 11) is 0. The van der Waals surface area contributed by atoms with Crippen LogP contribution < -0.4 is 0 Å². The molecule has 6 heteroatoms. The normalized spacial score (nSPS) is 10.6. The lowest BCUT2D eigenvalue weighted by atomic mass is 10.2. The van der Waals surface area contributed by atoms with Gasteiger partial charge in [-0.05, 0) is 64.2 Å². The highest BCUT2D eigenvalue weighted by Crippen LogP contribution is 2.02. The predicted molar refractivity (Wildman–Crippen MR) is 129 cm³/mol. The molecule has 0 N–H and O–H groups in total. The number of allylic oxidation sites excluding steroid dienone is 4. The molecule has 0 saturated carbocycles. The summed E-state index contributed by atoms with van der Waals surface area (Å²) in [6.45, 7) is 8.11. The number of hydrogen-bond donors (Lipinski definition) is 0. The molecule has 0 heterocycles. The highest BCUT2D eigenvalue weighted by molar-refractivity contribution is 5.66. The highest BCUT2D eigenvalue weighted by Gasteiger charge is 1.93. The van der Waals surface area contributed by atoms with Crippen molar-refractivity contribution in [3.05, 3.63) is 24.3 Å². The van der Waals surface area contributed by atoms with Gasteiger partial charge in [0.2, 0.25) is 0 Å². The van der Waals surface area contributed by atoms with Gasteiger partial charge in [-0.1, -0.05) is 44.1 Å². The van der Waals surface area contributed by atoms with Crippen LogP contribution in [0.25, 0.3) is 0 Å². The molecule has 0 aromatic rings. The molecule has 0 rings (SSSR count). The maximum atomic E-state index is 10.5. The van der Waals surface area contributed by atoms with Gasteiger partial charge in [-0.25, -0.2) is 0 Å². The zero-order chi connectivity index (χ0) is 24.3. The van der Waals surface area contributed by atoms with Crippen molar-refractivity contribution in [1.29, 1.82) is 0 Å². The lowest BCUT2D eigenvalue weighted by Crippen LogP contribution is -2.00. The summed E-state index contributed by atoms with van der Waals surface area (Å²) in [5.41, 5.74) is 0. The second-order valence-electron chi connectivity index (χ2n) is 7.59. The van der Waals surface area contributed by atoms with Gasteiger partial charge in [-0.3, -0.25) is 14.4 Å². The van der Waals surface area contributed by atoms with Crippen LogP contribution in [0.4, 0.5) is 0 Å². The van der Waals surface area contributed by atoms with E-state index >= 15 is 0 Å². The van der Waals surface area contributed by atoms with Crippen molar-refractivity contribution in [2.45, 2.75) is 105 Å². The van der Waals surface area contributed by atoms with E-state index in [0.717, 1.165) is 57.8 Å². The third-order valence-corrected chi connectivity index (χ3v) is 4.27. The van der Waals surface area contributed by atoms with E-state index in [1.807, 2.05) is 0 Å². The first-order chi connectivity index (χ1) is 15.4. The minimum atomic E-state index is -0.210. The van der Waals surface area contributed by atoms with E-state index in [4.69, 9.17) is 14.2 Å². The number of unbranched alkanes of at least 4 members (excludes halogenated alkanes) is 8. The summed E-state index contributed by atoms with van der Waals surface area (Å²) in [5.74, 6) is -0.597. The first kappa shape index (κ1) is 32.1. The average Bonchev–Trinajstić information content (AvgIpc) is 2.73. The van der Waals surface area contributed by atoms with Crippen LogP contribution in [-0.2, 0) is 28.6 Å². The number of hydrogen-bond acceptors (Lipinski definition) is 6. The number of esters is 3. The summed E-state index contributed by atoms with van der Waals surface area (Å²) in [5, 5.41) is 0. The molecule has 0 saturated heterocycles. The number of carbonyl (C=O) groups excluding carboxylic acids is 3. The zero-order valence-corrected chi connectivity index (χ0v) is 20.9. The number of carbonyl (C=O) groups is 3. The van der Waals surface area contributed by atoms with Crippen LogP contribution in [0.15, 0.2) is 24.3 Å². The monoisotopic (exact) mass is 454 g/mol. The Balaban J connectivity index is 0. The Morgan fingerprint density at radius 3 is 1.03 bits per heavy atom. The van der Waals surface area contributed by atoms with Crippen molar-refractivity contribution in [3.63, 3.8) is 0 Å². The average molecular weight is 455 g/mol. The van der Waals surface area contributed by atoms with E-state index in [0.29, 0.717) is 19.8 Å². The van der Waals surface area contributed by atoms with Crippen LogP contribution in [0, 0.1) is 0 Å². The lowest BCUT2D eigenvalue weighted by molar-refractivity contribution is -0.142. The molecule has 0 amide bonds. The van der Waals surface area contributed by atoms with Crippen LogP contribution >= 0.6 is 0 Å². The van der Waals surface area contributed by atoms with Gasteiger partial charge in [0.1, 0.15) is 0 Å². The van der Waals surface area contributed by atoms with Gasteiger partial charge in [-0.2, -0.15) is 0 Å². The van der Waals surface area contributed by atoms with E-state index < -0.39 is 0 Å². The Hall–Kier alpha value is -2.11. The molecule has 32 heavy (non-hydrogen) atoms. The number of ether oxygens (including phenoxy) is 3. The van der Waals surface area contributed by atoms with Crippen LogP contribution in [0.2, 0.25) is 0 Å². The van der Waals surface area contributed by atoms with Crippen LogP contribution in [0.1, 0.15) is 105 Å². The quantitative estimate of drug-likeness (QED) is 0.102. The van der Waals surface area contributed by atoms with Crippen LogP contribution in [0.3, 0.4) is 0 Å². The third kappa shape index (κ3) is 35.3. The van der Waals surface area contributed by atoms with Gasteiger partial charge in [0.05, 0.1) is 19.8 Å². The molecule has 0 aliphatic rings. The van der Waals surface area contributed by atoms with Crippen LogP contribution in [-0.4, -0.2) is 37.7 Å². The van der Waals surface area contributed by atoms with E-state index in [1.54, 1.807) is 0 Å². The molecule has 186 valence electrons. The lowest BCUT2D eigenvalue weighted by Gasteiger charge is -2.00. The second-order valence-corrected chi connectivity index (χ2v) is 7.59. The molecule has 0 radical (unpaired) electrons. The summed E-state index contributed by atoms with van der Waals surface area (Å²) in [6.07, 6.45) is 21.6. The molecular formula is C26H46O6. The van der Waals surface area contributed by atoms with E-state index in [9.17, 15) is 14.4 Å². The van der Waals surface area contributed by atoms with Gasteiger partial charge in [-0.15, -0.1) is 0 Å².